The van der Waals surface area contributed by atoms with Gasteiger partial charge in [-0.3, -0.25) is 14.4 Å². The number of rotatable bonds is 4. The van der Waals surface area contributed by atoms with E-state index in [0.29, 0.717) is 31.6 Å². The lowest BCUT2D eigenvalue weighted by Crippen LogP contribution is -2.50. The number of likely N-dealkylation sites (tertiary alicyclic amines) is 1. The highest BCUT2D eigenvalue weighted by atomic mass is 16.2. The number of aromatic nitrogens is 1. The van der Waals surface area contributed by atoms with Crippen LogP contribution >= 0.6 is 0 Å². The molecule has 2 aromatic rings. The van der Waals surface area contributed by atoms with Crippen molar-refractivity contribution in [2.75, 3.05) is 19.6 Å². The SMILES string of the molecule is O=C1CCC(CC(=O)N2CCC[C@H](NC(=O)c3cc4ccccc4[nH]3)C2)CN1. The Balaban J connectivity index is 1.32. The fourth-order valence-electron chi connectivity index (χ4n) is 4.11. The summed E-state index contributed by atoms with van der Waals surface area (Å²) in [6, 6.07) is 9.61. The third kappa shape index (κ3) is 4.18. The number of aromatic amines is 1. The van der Waals surface area contributed by atoms with Gasteiger partial charge in [-0.25, -0.2) is 0 Å². The van der Waals surface area contributed by atoms with Crippen molar-refractivity contribution in [1.82, 2.24) is 20.5 Å². The molecule has 0 spiro atoms. The second-order valence-corrected chi connectivity index (χ2v) is 7.84. The van der Waals surface area contributed by atoms with Crippen molar-refractivity contribution in [3.63, 3.8) is 0 Å². The average molecular weight is 382 g/mol. The molecule has 7 nitrogen and oxygen atoms in total. The van der Waals surface area contributed by atoms with Gasteiger partial charge in [0, 0.05) is 49.4 Å². The lowest BCUT2D eigenvalue weighted by molar-refractivity contribution is -0.134. The van der Waals surface area contributed by atoms with Gasteiger partial charge in [-0.05, 0) is 37.3 Å². The summed E-state index contributed by atoms with van der Waals surface area (Å²) in [4.78, 5) is 41.6. The van der Waals surface area contributed by atoms with E-state index in [0.717, 1.165) is 36.7 Å². The Labute approximate surface area is 163 Å². The molecule has 2 saturated heterocycles. The van der Waals surface area contributed by atoms with Gasteiger partial charge >= 0.3 is 0 Å². The van der Waals surface area contributed by atoms with Crippen molar-refractivity contribution in [3.05, 3.63) is 36.0 Å². The number of nitrogens with one attached hydrogen (secondary N) is 3. The smallest absolute Gasteiger partial charge is 0.268 e. The number of nitrogens with zero attached hydrogens (tertiary/aromatic N) is 1. The Kier molecular flexibility index (Phi) is 5.32. The van der Waals surface area contributed by atoms with Crippen LogP contribution in [0.5, 0.6) is 0 Å². The highest BCUT2D eigenvalue weighted by Crippen LogP contribution is 2.19. The van der Waals surface area contributed by atoms with Crippen molar-refractivity contribution in [3.8, 4) is 0 Å². The predicted molar refractivity (Wildman–Crippen MR) is 106 cm³/mol. The van der Waals surface area contributed by atoms with Crippen molar-refractivity contribution < 1.29 is 14.4 Å². The standard InChI is InChI=1S/C21H26N4O3/c26-19-8-7-14(12-22-19)10-20(27)25-9-3-5-16(13-25)23-21(28)18-11-15-4-1-2-6-17(15)24-18/h1-2,4,6,11,14,16,24H,3,5,7-10,12-13H2,(H,22,26)(H,23,28)/t14?,16-/m0/s1. The molecule has 3 N–H and O–H groups in total. The van der Waals surface area contributed by atoms with Crippen LogP contribution in [0.4, 0.5) is 0 Å². The van der Waals surface area contributed by atoms with Crippen LogP contribution in [0, 0.1) is 5.92 Å². The van der Waals surface area contributed by atoms with Gasteiger partial charge in [-0.15, -0.1) is 0 Å². The Morgan fingerprint density at radius 3 is 2.86 bits per heavy atom. The summed E-state index contributed by atoms with van der Waals surface area (Å²) in [5.41, 5.74) is 1.48. The zero-order valence-electron chi connectivity index (χ0n) is 15.9. The number of hydrogen-bond donors (Lipinski definition) is 3. The summed E-state index contributed by atoms with van der Waals surface area (Å²) >= 11 is 0. The van der Waals surface area contributed by atoms with Gasteiger partial charge in [0.1, 0.15) is 5.69 Å². The summed E-state index contributed by atoms with van der Waals surface area (Å²) in [7, 11) is 0. The van der Waals surface area contributed by atoms with Crippen LogP contribution < -0.4 is 10.6 Å². The predicted octanol–water partition coefficient (Wildman–Crippen LogP) is 1.80. The number of benzene rings is 1. The third-order valence-corrected chi connectivity index (χ3v) is 5.71. The van der Waals surface area contributed by atoms with Gasteiger partial charge in [0.05, 0.1) is 0 Å². The van der Waals surface area contributed by atoms with E-state index in [1.165, 1.54) is 0 Å². The first kappa shape index (κ1) is 18.5. The molecule has 2 fully saturated rings. The Bertz CT molecular complexity index is 848. The second kappa shape index (κ2) is 8.04. The molecular weight excluding hydrogens is 356 g/mol. The lowest BCUT2D eigenvalue weighted by Gasteiger charge is -2.34. The monoisotopic (exact) mass is 382 g/mol. The third-order valence-electron chi connectivity index (χ3n) is 5.71. The van der Waals surface area contributed by atoms with Crippen LogP contribution in [-0.2, 0) is 9.59 Å². The zero-order valence-corrected chi connectivity index (χ0v) is 15.9. The lowest BCUT2D eigenvalue weighted by atomic mass is 9.94. The molecular formula is C21H26N4O3. The zero-order chi connectivity index (χ0) is 19.5. The minimum Gasteiger partial charge on any atom is -0.356 e. The Morgan fingerprint density at radius 1 is 1.21 bits per heavy atom. The molecule has 1 unspecified atom stereocenters. The molecule has 7 heteroatoms. The molecule has 0 radical (unpaired) electrons. The average Bonchev–Trinajstić information content (AvgIpc) is 3.14. The maximum absolute atomic E-state index is 12.7. The highest BCUT2D eigenvalue weighted by molar-refractivity contribution is 5.98. The molecule has 0 saturated carbocycles. The van der Waals surface area contributed by atoms with Crippen molar-refractivity contribution in [1.29, 1.82) is 0 Å². The van der Waals surface area contributed by atoms with Gasteiger partial charge in [0.2, 0.25) is 11.8 Å². The fourth-order valence-corrected chi connectivity index (χ4v) is 4.11. The minimum absolute atomic E-state index is 0.0392. The largest absolute Gasteiger partial charge is 0.356 e. The first-order chi connectivity index (χ1) is 13.6. The van der Waals surface area contributed by atoms with Crippen LogP contribution in [0.3, 0.4) is 0 Å². The molecule has 1 aromatic carbocycles. The maximum atomic E-state index is 12.7. The summed E-state index contributed by atoms with van der Waals surface area (Å²) in [5, 5.41) is 6.91. The van der Waals surface area contributed by atoms with Crippen LogP contribution in [-0.4, -0.2) is 53.3 Å². The number of carbonyl (C=O) groups is 3. The molecule has 4 rings (SSSR count). The van der Waals surface area contributed by atoms with Gasteiger partial charge in [0.15, 0.2) is 0 Å². The molecule has 0 bridgehead atoms. The molecule has 2 aliphatic rings. The first-order valence-corrected chi connectivity index (χ1v) is 10.0. The Hall–Kier alpha value is -2.83. The van der Waals surface area contributed by atoms with Crippen LogP contribution in [0.2, 0.25) is 0 Å². The number of H-pyrrole nitrogens is 1. The molecule has 148 valence electrons. The fraction of sp³-hybridized carbons (Fsp3) is 0.476. The number of hydrogen-bond acceptors (Lipinski definition) is 3. The topological polar surface area (TPSA) is 94.3 Å². The van der Waals surface area contributed by atoms with Crippen molar-refractivity contribution >= 4 is 28.6 Å². The summed E-state index contributed by atoms with van der Waals surface area (Å²) in [6.07, 6.45) is 3.48. The number of fused-ring (bicyclic) bond motifs is 1. The van der Waals surface area contributed by atoms with E-state index in [-0.39, 0.29) is 29.7 Å². The first-order valence-electron chi connectivity index (χ1n) is 10.0. The maximum Gasteiger partial charge on any atom is 0.268 e. The molecule has 2 atom stereocenters. The van der Waals surface area contributed by atoms with Crippen molar-refractivity contribution in [2.45, 2.75) is 38.1 Å². The normalized spacial score (nSPS) is 22.7. The second-order valence-electron chi connectivity index (χ2n) is 7.84. The van der Waals surface area contributed by atoms with E-state index in [4.69, 9.17) is 0 Å². The number of para-hydroxylation sites is 1. The van der Waals surface area contributed by atoms with Gasteiger partial charge < -0.3 is 20.5 Å². The van der Waals surface area contributed by atoms with E-state index in [1.807, 2.05) is 35.2 Å². The highest BCUT2D eigenvalue weighted by Gasteiger charge is 2.28. The van der Waals surface area contributed by atoms with E-state index in [2.05, 4.69) is 15.6 Å². The van der Waals surface area contributed by atoms with E-state index >= 15 is 0 Å². The van der Waals surface area contributed by atoms with Crippen molar-refractivity contribution in [2.24, 2.45) is 5.92 Å². The van der Waals surface area contributed by atoms with Gasteiger partial charge in [-0.1, -0.05) is 18.2 Å². The molecule has 2 aliphatic heterocycles. The van der Waals surface area contributed by atoms with E-state index in [1.54, 1.807) is 0 Å². The molecule has 0 aliphatic carbocycles. The van der Waals surface area contributed by atoms with Gasteiger partial charge in [-0.2, -0.15) is 0 Å². The number of piperidine rings is 2. The van der Waals surface area contributed by atoms with Crippen LogP contribution in [0.1, 0.15) is 42.6 Å². The van der Waals surface area contributed by atoms with Gasteiger partial charge in [0.25, 0.3) is 5.91 Å². The quantitative estimate of drug-likeness (QED) is 0.753. The number of amides is 3. The Morgan fingerprint density at radius 2 is 2.07 bits per heavy atom. The van der Waals surface area contributed by atoms with E-state index in [9.17, 15) is 14.4 Å². The summed E-state index contributed by atoms with van der Waals surface area (Å²) in [5.74, 6) is 0.268. The van der Waals surface area contributed by atoms with Crippen LogP contribution in [0.25, 0.3) is 10.9 Å². The molecule has 28 heavy (non-hydrogen) atoms. The minimum atomic E-state index is -0.134. The van der Waals surface area contributed by atoms with Crippen LogP contribution in [0.15, 0.2) is 30.3 Å². The molecule has 3 amide bonds. The summed E-state index contributed by atoms with van der Waals surface area (Å²) in [6.45, 7) is 1.86. The molecule has 1 aromatic heterocycles. The number of carbonyl (C=O) groups excluding carboxylic acids is 3. The van der Waals surface area contributed by atoms with E-state index < -0.39 is 0 Å². The molecule has 3 heterocycles. The summed E-state index contributed by atoms with van der Waals surface area (Å²) < 4.78 is 0.